The third-order valence-electron chi connectivity index (χ3n) is 3.42. The van der Waals surface area contributed by atoms with E-state index in [9.17, 15) is 13.2 Å². The Morgan fingerprint density at radius 2 is 1.92 bits per heavy atom. The van der Waals surface area contributed by atoms with Crippen molar-refractivity contribution in [2.45, 2.75) is 11.4 Å². The predicted molar refractivity (Wildman–Crippen MR) is 96.0 cm³/mol. The summed E-state index contributed by atoms with van der Waals surface area (Å²) in [6, 6.07) is 10.9. The van der Waals surface area contributed by atoms with E-state index in [0.29, 0.717) is 9.49 Å². The van der Waals surface area contributed by atoms with Gasteiger partial charge in [0.15, 0.2) is 0 Å². The highest BCUT2D eigenvalue weighted by Gasteiger charge is 2.23. The Bertz CT molecular complexity index is 887. The van der Waals surface area contributed by atoms with Crippen LogP contribution in [0.5, 0.6) is 0 Å². The van der Waals surface area contributed by atoms with E-state index in [1.807, 2.05) is 6.07 Å². The number of benzene rings is 2. The average Bonchev–Trinajstić information content (AvgIpc) is 2.59. The number of rotatable bonds is 6. The molecule has 0 saturated heterocycles. The third-order valence-corrected chi connectivity index (χ3v) is 5.66. The summed E-state index contributed by atoms with van der Waals surface area (Å²) in [6.07, 6.45) is 0. The number of nitrogens with zero attached hydrogens (tertiary/aromatic N) is 1. The maximum atomic E-state index is 12.4. The van der Waals surface area contributed by atoms with Gasteiger partial charge in [-0.1, -0.05) is 39.8 Å². The van der Waals surface area contributed by atoms with E-state index in [-0.39, 0.29) is 22.0 Å². The number of hydroxylamine groups is 1. The van der Waals surface area contributed by atoms with Crippen LogP contribution in [-0.2, 0) is 21.4 Å². The van der Waals surface area contributed by atoms with Gasteiger partial charge in [-0.3, -0.25) is 9.63 Å². The molecule has 0 spiro atoms. The Kier molecular flexibility index (Phi) is 6.42. The zero-order chi connectivity index (χ0) is 18.6. The molecule has 0 aliphatic rings. The lowest BCUT2D eigenvalue weighted by atomic mass is 10.2. The Balaban J connectivity index is 2.23. The van der Waals surface area contributed by atoms with Crippen LogP contribution in [-0.4, -0.2) is 33.0 Å². The predicted octanol–water partition coefficient (Wildman–Crippen LogP) is 3.11. The highest BCUT2D eigenvalue weighted by Crippen LogP contribution is 2.22. The molecule has 0 aliphatic carbocycles. The van der Waals surface area contributed by atoms with E-state index >= 15 is 0 Å². The van der Waals surface area contributed by atoms with E-state index in [0.717, 1.165) is 5.56 Å². The molecule has 0 unspecified atom stereocenters. The summed E-state index contributed by atoms with van der Waals surface area (Å²) >= 11 is 11.9. The van der Waals surface area contributed by atoms with Crippen molar-refractivity contribution in [3.63, 3.8) is 0 Å². The SMILES string of the molecule is CON(C)S(=O)(=O)c1ccc(Cl)c(C(=O)NCc2cccc(Cl)c2)c1. The summed E-state index contributed by atoms with van der Waals surface area (Å²) in [5, 5.41) is 3.38. The summed E-state index contributed by atoms with van der Waals surface area (Å²) in [7, 11) is -1.40. The lowest BCUT2D eigenvalue weighted by Crippen LogP contribution is -2.27. The molecule has 6 nitrogen and oxygen atoms in total. The second-order valence-electron chi connectivity index (χ2n) is 5.05. The Morgan fingerprint density at radius 1 is 1.20 bits per heavy atom. The van der Waals surface area contributed by atoms with Crippen molar-refractivity contribution in [1.82, 2.24) is 9.79 Å². The Labute approximate surface area is 156 Å². The summed E-state index contributed by atoms with van der Waals surface area (Å²) < 4.78 is 25.3. The number of carbonyl (C=O) groups is 1. The normalized spacial score (nSPS) is 11.6. The van der Waals surface area contributed by atoms with Gasteiger partial charge in [0.2, 0.25) is 0 Å². The molecule has 0 atom stereocenters. The van der Waals surface area contributed by atoms with Crippen LogP contribution >= 0.6 is 23.2 Å². The average molecular weight is 403 g/mol. The fraction of sp³-hybridized carbons (Fsp3) is 0.188. The zero-order valence-corrected chi connectivity index (χ0v) is 15.8. The lowest BCUT2D eigenvalue weighted by molar-refractivity contribution is -0.0258. The van der Waals surface area contributed by atoms with Crippen LogP contribution in [0.15, 0.2) is 47.4 Å². The van der Waals surface area contributed by atoms with Gasteiger partial charge in [0, 0.05) is 18.6 Å². The first-order chi connectivity index (χ1) is 11.8. The van der Waals surface area contributed by atoms with Crippen molar-refractivity contribution >= 4 is 39.1 Å². The van der Waals surface area contributed by atoms with E-state index in [1.54, 1.807) is 18.2 Å². The summed E-state index contributed by atoms with van der Waals surface area (Å²) in [5.41, 5.74) is 0.856. The summed E-state index contributed by atoms with van der Waals surface area (Å²) in [6.45, 7) is 0.227. The van der Waals surface area contributed by atoms with Crippen LogP contribution in [0.3, 0.4) is 0 Å². The molecule has 0 bridgehead atoms. The second-order valence-corrected chi connectivity index (χ2v) is 7.83. The molecule has 1 amide bonds. The topological polar surface area (TPSA) is 75.7 Å². The molecular formula is C16H16Cl2N2O4S. The monoisotopic (exact) mass is 402 g/mol. The first-order valence-corrected chi connectivity index (χ1v) is 9.30. The van der Waals surface area contributed by atoms with Gasteiger partial charge in [0.1, 0.15) is 0 Å². The standard InChI is InChI=1S/C16H16Cl2N2O4S/c1-20(24-2)25(22,23)13-6-7-15(18)14(9-13)16(21)19-10-11-4-3-5-12(17)8-11/h3-9H,10H2,1-2H3,(H,19,21). The summed E-state index contributed by atoms with van der Waals surface area (Å²) in [4.78, 5) is 17.0. The number of hydrogen-bond acceptors (Lipinski definition) is 4. The van der Waals surface area contributed by atoms with Crippen molar-refractivity contribution in [2.75, 3.05) is 14.2 Å². The first kappa shape index (κ1) is 19.7. The number of nitrogens with one attached hydrogen (secondary N) is 1. The van der Waals surface area contributed by atoms with Crippen molar-refractivity contribution < 1.29 is 18.0 Å². The second kappa shape index (κ2) is 8.16. The fourth-order valence-electron chi connectivity index (χ4n) is 2.01. The highest BCUT2D eigenvalue weighted by molar-refractivity contribution is 7.89. The molecule has 0 aliphatic heterocycles. The van der Waals surface area contributed by atoms with Gasteiger partial charge in [-0.2, -0.15) is 0 Å². The quantitative estimate of drug-likeness (QED) is 0.753. The Morgan fingerprint density at radius 3 is 2.56 bits per heavy atom. The third kappa shape index (κ3) is 4.71. The van der Waals surface area contributed by atoms with Crippen LogP contribution < -0.4 is 5.32 Å². The molecule has 9 heteroatoms. The van der Waals surface area contributed by atoms with Crippen molar-refractivity contribution in [2.24, 2.45) is 0 Å². The van der Waals surface area contributed by atoms with Gasteiger partial charge in [-0.25, -0.2) is 8.42 Å². The molecule has 2 aromatic rings. The van der Waals surface area contributed by atoms with Crippen LogP contribution in [0, 0.1) is 0 Å². The molecule has 0 heterocycles. The van der Waals surface area contributed by atoms with Crippen molar-refractivity contribution in [3.05, 3.63) is 63.6 Å². The van der Waals surface area contributed by atoms with Gasteiger partial charge >= 0.3 is 0 Å². The van der Waals surface area contributed by atoms with Gasteiger partial charge in [0.05, 0.1) is 22.6 Å². The lowest BCUT2D eigenvalue weighted by Gasteiger charge is -2.15. The highest BCUT2D eigenvalue weighted by atomic mass is 35.5. The van der Waals surface area contributed by atoms with E-state index in [2.05, 4.69) is 5.32 Å². The number of sulfonamides is 1. The molecule has 134 valence electrons. The molecule has 1 N–H and O–H groups in total. The van der Waals surface area contributed by atoms with E-state index < -0.39 is 15.9 Å². The Hall–Kier alpha value is -1.64. The molecule has 0 aromatic heterocycles. The molecule has 2 aromatic carbocycles. The minimum atomic E-state index is -3.88. The van der Waals surface area contributed by atoms with Crippen molar-refractivity contribution in [3.8, 4) is 0 Å². The maximum absolute atomic E-state index is 12.4. The van der Waals surface area contributed by atoms with E-state index in [1.165, 1.54) is 32.4 Å². The number of carbonyl (C=O) groups excluding carboxylic acids is 1. The van der Waals surface area contributed by atoms with Crippen LogP contribution in [0.25, 0.3) is 0 Å². The minimum absolute atomic E-state index is 0.0503. The molecule has 2 rings (SSSR count). The molecule has 0 fully saturated rings. The van der Waals surface area contributed by atoms with Crippen LogP contribution in [0.1, 0.15) is 15.9 Å². The minimum Gasteiger partial charge on any atom is -0.348 e. The molecule has 25 heavy (non-hydrogen) atoms. The van der Waals surface area contributed by atoms with Gasteiger partial charge in [0.25, 0.3) is 15.9 Å². The first-order valence-electron chi connectivity index (χ1n) is 7.11. The largest absolute Gasteiger partial charge is 0.348 e. The number of halogens is 2. The number of hydrogen-bond donors (Lipinski definition) is 1. The molecule has 0 radical (unpaired) electrons. The fourth-order valence-corrected chi connectivity index (χ4v) is 3.43. The smallest absolute Gasteiger partial charge is 0.264 e. The van der Waals surface area contributed by atoms with Gasteiger partial charge in [-0.05, 0) is 35.9 Å². The zero-order valence-electron chi connectivity index (χ0n) is 13.5. The maximum Gasteiger partial charge on any atom is 0.264 e. The molecule has 0 saturated carbocycles. The van der Waals surface area contributed by atoms with Gasteiger partial charge < -0.3 is 5.32 Å². The van der Waals surface area contributed by atoms with Crippen LogP contribution in [0.4, 0.5) is 0 Å². The summed E-state index contributed by atoms with van der Waals surface area (Å²) in [5.74, 6) is -0.498. The van der Waals surface area contributed by atoms with Crippen LogP contribution in [0.2, 0.25) is 10.0 Å². The van der Waals surface area contributed by atoms with E-state index in [4.69, 9.17) is 28.0 Å². The van der Waals surface area contributed by atoms with Crippen molar-refractivity contribution in [1.29, 1.82) is 0 Å². The number of amides is 1. The molecular weight excluding hydrogens is 387 g/mol. The van der Waals surface area contributed by atoms with Gasteiger partial charge in [-0.15, -0.1) is 0 Å².